The maximum absolute atomic E-state index is 11.1. The number of carbonyl (C=O) groups is 1. The largest absolute Gasteiger partial charge is 0.491 e. The van der Waals surface area contributed by atoms with Gasteiger partial charge in [0.1, 0.15) is 18.4 Å². The van der Waals surface area contributed by atoms with Gasteiger partial charge in [0.15, 0.2) is 5.75 Å². The van der Waals surface area contributed by atoms with Crippen molar-refractivity contribution in [2.24, 2.45) is 0 Å². The van der Waals surface area contributed by atoms with Crippen LogP contribution in [-0.2, 0) is 12.0 Å². The summed E-state index contributed by atoms with van der Waals surface area (Å²) in [6.45, 7) is 13.9. The average molecular weight is 674 g/mol. The van der Waals surface area contributed by atoms with Gasteiger partial charge in [-0.2, -0.15) is 5.26 Å². The molecule has 12 heteroatoms. The highest BCUT2D eigenvalue weighted by Crippen LogP contribution is 2.38. The normalized spacial score (nSPS) is 18.3. The summed E-state index contributed by atoms with van der Waals surface area (Å²) in [7, 11) is 0. The molecule has 1 amide bonds. The van der Waals surface area contributed by atoms with Crippen LogP contribution in [0.15, 0.2) is 48.7 Å². The predicted octanol–water partition coefficient (Wildman–Crippen LogP) is 5.25. The Kier molecular flexibility index (Phi) is 10.2. The number of hydrogen-bond donors (Lipinski definition) is 1. The van der Waals surface area contributed by atoms with Gasteiger partial charge in [-0.15, -0.1) is 0 Å². The fraction of sp³-hybridized carbons (Fsp3) is 0.500. The molecule has 48 heavy (non-hydrogen) atoms. The zero-order chi connectivity index (χ0) is 33.8. The Bertz CT molecular complexity index is 1620. The van der Waals surface area contributed by atoms with Crippen molar-refractivity contribution in [2.75, 3.05) is 63.9 Å². The number of amides is 1. The van der Waals surface area contributed by atoms with Gasteiger partial charge in [-0.25, -0.2) is 14.8 Å². The summed E-state index contributed by atoms with van der Waals surface area (Å²) < 4.78 is 11.7. The van der Waals surface area contributed by atoms with Crippen molar-refractivity contribution >= 4 is 23.6 Å². The Labute approximate surface area is 287 Å². The first-order valence-corrected chi connectivity index (χ1v) is 17.2. The van der Waals surface area contributed by atoms with Crippen LogP contribution in [0, 0.1) is 11.3 Å². The van der Waals surface area contributed by atoms with Gasteiger partial charge < -0.3 is 24.4 Å². The molecule has 3 aliphatic heterocycles. The molecule has 3 aliphatic rings. The molecular formula is C36H44ClN7O4. The minimum atomic E-state index is -0.809. The SMILES string of the molecule is CCOc1c(Cl)cc(C(C)(C)c2ccc(OCc3ccnc(N4CCN(C5CCN(C6CN(C(=O)O)C6)CC5)CC4)n3)cc2)cc1C#N. The summed E-state index contributed by atoms with van der Waals surface area (Å²) in [6.07, 6.45) is 3.25. The van der Waals surface area contributed by atoms with Gasteiger partial charge in [-0.1, -0.05) is 37.6 Å². The molecule has 3 saturated heterocycles. The number of carboxylic acid groups (broad SMARTS) is 1. The zero-order valence-electron chi connectivity index (χ0n) is 27.9. The molecule has 0 aliphatic carbocycles. The highest BCUT2D eigenvalue weighted by molar-refractivity contribution is 6.32. The van der Waals surface area contributed by atoms with E-state index in [1.165, 1.54) is 4.90 Å². The van der Waals surface area contributed by atoms with Crippen molar-refractivity contribution in [3.8, 4) is 17.6 Å². The van der Waals surface area contributed by atoms with Crippen LogP contribution in [0.2, 0.25) is 5.02 Å². The molecule has 1 N–H and O–H groups in total. The van der Waals surface area contributed by atoms with E-state index in [2.05, 4.69) is 39.6 Å². The number of hydrogen-bond acceptors (Lipinski definition) is 9. The number of rotatable bonds is 10. The lowest BCUT2D eigenvalue weighted by Gasteiger charge is -2.48. The molecule has 0 spiro atoms. The Morgan fingerprint density at radius 3 is 2.31 bits per heavy atom. The smallest absolute Gasteiger partial charge is 0.407 e. The van der Waals surface area contributed by atoms with E-state index >= 15 is 0 Å². The number of piperidine rings is 1. The summed E-state index contributed by atoms with van der Waals surface area (Å²) in [5.41, 5.74) is 2.85. The molecular weight excluding hydrogens is 630 g/mol. The molecule has 0 unspecified atom stereocenters. The van der Waals surface area contributed by atoms with Gasteiger partial charge in [-0.05, 0) is 61.2 Å². The van der Waals surface area contributed by atoms with E-state index in [4.69, 9.17) is 31.2 Å². The molecule has 3 aromatic rings. The minimum absolute atomic E-state index is 0.335. The van der Waals surface area contributed by atoms with Gasteiger partial charge in [0, 0.05) is 76.1 Å². The summed E-state index contributed by atoms with van der Waals surface area (Å²) in [5, 5.41) is 19.2. The first-order valence-electron chi connectivity index (χ1n) is 16.8. The van der Waals surface area contributed by atoms with E-state index < -0.39 is 11.5 Å². The molecule has 4 heterocycles. The van der Waals surface area contributed by atoms with Crippen molar-refractivity contribution in [3.63, 3.8) is 0 Å². The van der Waals surface area contributed by atoms with Crippen LogP contribution >= 0.6 is 11.6 Å². The molecule has 254 valence electrons. The number of ether oxygens (including phenoxy) is 2. The van der Waals surface area contributed by atoms with Gasteiger partial charge in [0.25, 0.3) is 0 Å². The molecule has 0 bridgehead atoms. The van der Waals surface area contributed by atoms with Crippen molar-refractivity contribution in [1.82, 2.24) is 24.7 Å². The molecule has 0 radical (unpaired) electrons. The molecule has 6 rings (SSSR count). The van der Waals surface area contributed by atoms with E-state index in [9.17, 15) is 10.1 Å². The minimum Gasteiger partial charge on any atom is -0.491 e. The Morgan fingerprint density at radius 1 is 0.979 bits per heavy atom. The lowest BCUT2D eigenvalue weighted by molar-refractivity contribution is 0.00974. The third kappa shape index (κ3) is 7.31. The Hall–Kier alpha value is -4.11. The molecule has 2 aromatic carbocycles. The fourth-order valence-corrected chi connectivity index (χ4v) is 7.26. The van der Waals surface area contributed by atoms with E-state index in [0.29, 0.717) is 54.7 Å². The van der Waals surface area contributed by atoms with Gasteiger partial charge >= 0.3 is 6.09 Å². The van der Waals surface area contributed by atoms with Crippen LogP contribution in [0.25, 0.3) is 0 Å². The number of anilines is 1. The number of likely N-dealkylation sites (tertiary alicyclic amines) is 2. The molecule has 3 fully saturated rings. The summed E-state index contributed by atoms with van der Waals surface area (Å²) in [5.74, 6) is 1.91. The molecule has 0 saturated carbocycles. The Balaban J connectivity index is 0.990. The van der Waals surface area contributed by atoms with E-state index in [1.54, 1.807) is 6.20 Å². The van der Waals surface area contributed by atoms with Crippen LogP contribution in [-0.4, -0.2) is 107 Å². The monoisotopic (exact) mass is 673 g/mol. The molecule has 1 aromatic heterocycles. The number of nitriles is 1. The second-order valence-corrected chi connectivity index (χ2v) is 13.7. The maximum Gasteiger partial charge on any atom is 0.407 e. The van der Waals surface area contributed by atoms with Crippen LogP contribution in [0.3, 0.4) is 0 Å². The highest BCUT2D eigenvalue weighted by Gasteiger charge is 2.37. The third-order valence-electron chi connectivity index (χ3n) is 10.1. The van der Waals surface area contributed by atoms with E-state index in [0.717, 1.165) is 80.6 Å². The van der Waals surface area contributed by atoms with Crippen molar-refractivity contribution in [1.29, 1.82) is 5.26 Å². The van der Waals surface area contributed by atoms with E-state index in [-0.39, 0.29) is 0 Å². The number of aromatic nitrogens is 2. The van der Waals surface area contributed by atoms with Crippen LogP contribution in [0.5, 0.6) is 11.5 Å². The second kappa shape index (κ2) is 14.6. The van der Waals surface area contributed by atoms with Crippen molar-refractivity contribution in [2.45, 2.75) is 57.7 Å². The first kappa shape index (κ1) is 33.8. The van der Waals surface area contributed by atoms with Crippen molar-refractivity contribution < 1.29 is 19.4 Å². The van der Waals surface area contributed by atoms with Crippen molar-refractivity contribution in [3.05, 3.63) is 76.1 Å². The van der Waals surface area contributed by atoms with Crippen LogP contribution in [0.4, 0.5) is 10.7 Å². The van der Waals surface area contributed by atoms with Gasteiger partial charge in [-0.3, -0.25) is 9.80 Å². The second-order valence-electron chi connectivity index (χ2n) is 13.3. The van der Waals surface area contributed by atoms with E-state index in [1.807, 2.05) is 49.4 Å². The lowest BCUT2D eigenvalue weighted by Crippen LogP contribution is -2.63. The standard InChI is InChI=1S/C36H44ClN7O4/c1-4-47-33-25(21-38)19-27(20-32(33)37)36(2,3)26-5-7-31(8-6-26)48-24-28-9-12-39-34(40-28)43-17-15-42(16-18-43)29-10-13-41(14-11-29)30-22-44(23-30)35(45)46/h5-9,12,19-20,29-30H,4,10-11,13-18,22-24H2,1-3H3,(H,45,46). The average Bonchev–Trinajstić information content (AvgIpc) is 3.08. The topological polar surface area (TPSA) is 118 Å². The fourth-order valence-electron chi connectivity index (χ4n) is 6.98. The lowest BCUT2D eigenvalue weighted by atomic mass is 9.77. The van der Waals surface area contributed by atoms with Gasteiger partial charge in [0.2, 0.25) is 5.95 Å². The highest BCUT2D eigenvalue weighted by atomic mass is 35.5. The number of nitrogens with zero attached hydrogens (tertiary/aromatic N) is 7. The quantitative estimate of drug-likeness (QED) is 0.306. The summed E-state index contributed by atoms with van der Waals surface area (Å²) >= 11 is 6.51. The third-order valence-corrected chi connectivity index (χ3v) is 10.4. The molecule has 11 nitrogen and oxygen atoms in total. The predicted molar refractivity (Wildman–Crippen MR) is 184 cm³/mol. The summed E-state index contributed by atoms with van der Waals surface area (Å²) in [4.78, 5) is 29.3. The summed E-state index contributed by atoms with van der Waals surface area (Å²) in [6, 6.07) is 16.8. The number of piperazine rings is 1. The van der Waals surface area contributed by atoms with Crippen LogP contribution in [0.1, 0.15) is 56.0 Å². The Morgan fingerprint density at radius 2 is 1.67 bits per heavy atom. The number of benzene rings is 2. The maximum atomic E-state index is 11.1. The van der Waals surface area contributed by atoms with Gasteiger partial charge in [0.05, 0.1) is 22.9 Å². The van der Waals surface area contributed by atoms with Crippen LogP contribution < -0.4 is 14.4 Å². The zero-order valence-corrected chi connectivity index (χ0v) is 28.7. The first-order chi connectivity index (χ1) is 23.2. The molecule has 0 atom stereocenters. The number of halogens is 1.